The molecule has 0 unspecified atom stereocenters. The first-order valence-corrected chi connectivity index (χ1v) is 6.43. The minimum atomic E-state index is -2.68. The van der Waals surface area contributed by atoms with Crippen molar-refractivity contribution < 1.29 is 27.8 Å². The predicted molar refractivity (Wildman–Crippen MR) is 66.2 cm³/mol. The smallest absolute Gasteiger partial charge is 0.338 e. The molecule has 1 aliphatic rings. The zero-order valence-electron chi connectivity index (χ0n) is 10.3. The van der Waals surface area contributed by atoms with Crippen molar-refractivity contribution in [2.24, 2.45) is 0 Å². The molecule has 0 aromatic heterocycles. The molecule has 0 radical (unpaired) electrons. The van der Waals surface area contributed by atoms with Crippen LogP contribution in [0.5, 0.6) is 5.75 Å². The first-order valence-electron chi connectivity index (χ1n) is 6.05. The van der Waals surface area contributed by atoms with Gasteiger partial charge < -0.3 is 9.84 Å². The van der Waals surface area contributed by atoms with Gasteiger partial charge >= 0.3 is 5.97 Å². The molecule has 0 bridgehead atoms. The molecule has 1 aromatic rings. The average Bonchev–Trinajstić information content (AvgIpc) is 2.35. The number of hydrogen-bond acceptors (Lipinski definition) is 2. The third kappa shape index (κ3) is 3.36. The fourth-order valence-electron chi connectivity index (χ4n) is 2.09. The first kappa shape index (κ1) is 15.0. The van der Waals surface area contributed by atoms with E-state index in [4.69, 9.17) is 21.4 Å². The van der Waals surface area contributed by atoms with Crippen LogP contribution in [0, 0.1) is 5.82 Å². The maximum absolute atomic E-state index is 13.5. The molecule has 0 atom stereocenters. The maximum atomic E-state index is 13.5. The molecular weight excluding hydrogens is 297 g/mol. The van der Waals surface area contributed by atoms with E-state index in [2.05, 4.69) is 0 Å². The summed E-state index contributed by atoms with van der Waals surface area (Å²) in [5, 5.41) is 8.68. The standard InChI is InChI=1S/C13H12ClF3O3/c14-9-5-8(12(18)19)10(15)6-11(9)20-7-1-3-13(16,17)4-2-7/h5-7H,1-4H2,(H,18,19). The summed E-state index contributed by atoms with van der Waals surface area (Å²) in [6.07, 6.45) is -0.755. The van der Waals surface area contributed by atoms with Crippen LogP contribution in [0.4, 0.5) is 13.2 Å². The molecule has 1 saturated carbocycles. The van der Waals surface area contributed by atoms with E-state index >= 15 is 0 Å². The largest absolute Gasteiger partial charge is 0.489 e. The normalized spacial score (nSPS) is 18.8. The number of hydrogen-bond donors (Lipinski definition) is 1. The second kappa shape index (κ2) is 5.52. The van der Waals surface area contributed by atoms with Crippen LogP contribution in [-0.2, 0) is 0 Å². The van der Waals surface area contributed by atoms with Crippen molar-refractivity contribution in [1.82, 2.24) is 0 Å². The highest BCUT2D eigenvalue weighted by molar-refractivity contribution is 6.32. The Morgan fingerprint density at radius 3 is 2.50 bits per heavy atom. The van der Waals surface area contributed by atoms with Crippen molar-refractivity contribution in [1.29, 1.82) is 0 Å². The predicted octanol–water partition coefficient (Wildman–Crippen LogP) is 4.13. The average molecular weight is 309 g/mol. The van der Waals surface area contributed by atoms with Gasteiger partial charge in [0.25, 0.3) is 0 Å². The van der Waals surface area contributed by atoms with Gasteiger partial charge in [0.2, 0.25) is 5.92 Å². The molecule has 0 amide bonds. The molecule has 1 N–H and O–H groups in total. The van der Waals surface area contributed by atoms with E-state index in [1.54, 1.807) is 0 Å². The Bertz CT molecular complexity index is 524. The summed E-state index contributed by atoms with van der Waals surface area (Å²) in [6, 6.07) is 1.82. The van der Waals surface area contributed by atoms with Gasteiger partial charge in [0, 0.05) is 18.9 Å². The van der Waals surface area contributed by atoms with E-state index in [0.29, 0.717) is 0 Å². The van der Waals surface area contributed by atoms with Crippen molar-refractivity contribution in [3.05, 3.63) is 28.5 Å². The number of aromatic carboxylic acids is 1. The van der Waals surface area contributed by atoms with Gasteiger partial charge in [0.05, 0.1) is 16.7 Å². The van der Waals surface area contributed by atoms with E-state index in [1.807, 2.05) is 0 Å². The number of alkyl halides is 2. The minimum Gasteiger partial charge on any atom is -0.489 e. The summed E-state index contributed by atoms with van der Waals surface area (Å²) in [7, 11) is 0. The highest BCUT2D eigenvalue weighted by Crippen LogP contribution is 2.36. The number of rotatable bonds is 3. The minimum absolute atomic E-state index is 0.0237. The summed E-state index contributed by atoms with van der Waals surface area (Å²) in [6.45, 7) is 0. The third-order valence-corrected chi connectivity index (χ3v) is 3.51. The summed E-state index contributed by atoms with van der Waals surface area (Å²) >= 11 is 5.82. The lowest BCUT2D eigenvalue weighted by molar-refractivity contribution is -0.0582. The molecule has 1 aromatic carbocycles. The van der Waals surface area contributed by atoms with Gasteiger partial charge in [-0.3, -0.25) is 0 Å². The van der Waals surface area contributed by atoms with Crippen LogP contribution >= 0.6 is 11.6 Å². The molecule has 0 heterocycles. The van der Waals surface area contributed by atoms with Crippen LogP contribution in [0.25, 0.3) is 0 Å². The highest BCUT2D eigenvalue weighted by Gasteiger charge is 2.36. The second-order valence-corrected chi connectivity index (χ2v) is 5.15. The SMILES string of the molecule is O=C(O)c1cc(Cl)c(OC2CCC(F)(F)CC2)cc1F. The molecule has 0 spiro atoms. The lowest BCUT2D eigenvalue weighted by atomic mass is 9.94. The zero-order chi connectivity index (χ0) is 14.9. The fourth-order valence-corrected chi connectivity index (χ4v) is 2.30. The van der Waals surface area contributed by atoms with E-state index in [9.17, 15) is 18.0 Å². The Kier molecular flexibility index (Phi) is 4.13. The van der Waals surface area contributed by atoms with E-state index in [0.717, 1.165) is 12.1 Å². The van der Waals surface area contributed by atoms with Crippen molar-refractivity contribution in [3.8, 4) is 5.75 Å². The van der Waals surface area contributed by atoms with Crippen molar-refractivity contribution in [2.75, 3.05) is 0 Å². The fraction of sp³-hybridized carbons (Fsp3) is 0.462. The highest BCUT2D eigenvalue weighted by atomic mass is 35.5. The lowest BCUT2D eigenvalue weighted by Gasteiger charge is -2.29. The molecule has 3 nitrogen and oxygen atoms in total. The molecule has 7 heteroatoms. The monoisotopic (exact) mass is 308 g/mol. The molecule has 2 rings (SSSR count). The topological polar surface area (TPSA) is 46.5 Å². The quantitative estimate of drug-likeness (QED) is 0.913. The summed E-state index contributed by atoms with van der Waals surface area (Å²) in [4.78, 5) is 10.7. The van der Waals surface area contributed by atoms with Crippen LogP contribution < -0.4 is 4.74 Å². The van der Waals surface area contributed by atoms with Crippen LogP contribution in [0.3, 0.4) is 0 Å². The molecule has 0 saturated heterocycles. The Labute approximate surface area is 118 Å². The van der Waals surface area contributed by atoms with Gasteiger partial charge in [-0.15, -0.1) is 0 Å². The van der Waals surface area contributed by atoms with Gasteiger partial charge in [-0.25, -0.2) is 18.0 Å². The number of carboxylic acid groups (broad SMARTS) is 1. The van der Waals surface area contributed by atoms with E-state index in [1.165, 1.54) is 0 Å². The Balaban J connectivity index is 2.11. The number of carbonyl (C=O) groups is 1. The Morgan fingerprint density at radius 1 is 1.35 bits per heavy atom. The Morgan fingerprint density at radius 2 is 1.95 bits per heavy atom. The van der Waals surface area contributed by atoms with Crippen molar-refractivity contribution >= 4 is 17.6 Å². The van der Waals surface area contributed by atoms with E-state index < -0.39 is 29.4 Å². The van der Waals surface area contributed by atoms with Crippen LogP contribution in [0.15, 0.2) is 12.1 Å². The third-order valence-electron chi connectivity index (χ3n) is 3.21. The second-order valence-electron chi connectivity index (χ2n) is 4.74. The summed E-state index contributed by atoms with van der Waals surface area (Å²) < 4.78 is 44.9. The van der Waals surface area contributed by atoms with Crippen LogP contribution in [0.1, 0.15) is 36.0 Å². The van der Waals surface area contributed by atoms with Crippen LogP contribution in [-0.4, -0.2) is 23.1 Å². The van der Waals surface area contributed by atoms with Crippen molar-refractivity contribution in [2.45, 2.75) is 37.7 Å². The number of ether oxygens (including phenoxy) is 1. The lowest BCUT2D eigenvalue weighted by Crippen LogP contribution is -2.30. The van der Waals surface area contributed by atoms with Gasteiger partial charge in [-0.2, -0.15) is 0 Å². The maximum Gasteiger partial charge on any atom is 0.338 e. The zero-order valence-corrected chi connectivity index (χ0v) is 11.1. The molecule has 0 aliphatic heterocycles. The van der Waals surface area contributed by atoms with Gasteiger partial charge in [-0.1, -0.05) is 11.6 Å². The Hall–Kier alpha value is -1.43. The number of benzene rings is 1. The number of halogens is 4. The number of carboxylic acids is 1. The van der Waals surface area contributed by atoms with Gasteiger partial charge in [0.1, 0.15) is 11.6 Å². The van der Waals surface area contributed by atoms with E-state index in [-0.39, 0.29) is 36.5 Å². The first-order chi connectivity index (χ1) is 9.28. The molecule has 1 aliphatic carbocycles. The molecular formula is C13H12ClF3O3. The van der Waals surface area contributed by atoms with Gasteiger partial charge in [-0.05, 0) is 18.9 Å². The molecule has 1 fully saturated rings. The van der Waals surface area contributed by atoms with Crippen LogP contribution in [0.2, 0.25) is 5.02 Å². The summed E-state index contributed by atoms with van der Waals surface area (Å²) in [5.41, 5.74) is -0.558. The molecule has 20 heavy (non-hydrogen) atoms. The summed E-state index contributed by atoms with van der Waals surface area (Å²) in [5.74, 6) is -5.11. The van der Waals surface area contributed by atoms with Gasteiger partial charge in [0.15, 0.2) is 0 Å². The molecule has 110 valence electrons. The van der Waals surface area contributed by atoms with Crippen molar-refractivity contribution in [3.63, 3.8) is 0 Å².